The maximum Gasteiger partial charge on any atom is 0.264 e. The zero-order valence-electron chi connectivity index (χ0n) is 13.7. The number of hydrogen-bond acceptors (Lipinski definition) is 6. The van der Waals surface area contributed by atoms with Crippen molar-refractivity contribution in [2.24, 2.45) is 0 Å². The first-order valence-electron chi connectivity index (χ1n) is 8.40. The van der Waals surface area contributed by atoms with Gasteiger partial charge in [-0.05, 0) is 12.1 Å². The summed E-state index contributed by atoms with van der Waals surface area (Å²) < 4.78 is 1.45. The topological polar surface area (TPSA) is 54.3 Å². The number of likely N-dealkylation sites (N-methyl/N-ethyl adjacent to an activating group) is 1. The smallest absolute Gasteiger partial charge is 0.264 e. The quantitative estimate of drug-likeness (QED) is 0.843. The van der Waals surface area contributed by atoms with Crippen LogP contribution in [0.4, 0.5) is 0 Å². The average Bonchev–Trinajstić information content (AvgIpc) is 3.21. The fourth-order valence-corrected chi connectivity index (χ4v) is 4.76. The van der Waals surface area contributed by atoms with Crippen molar-refractivity contribution >= 4 is 17.7 Å². The number of carbonyl (C=O) groups excluding carboxylic acids is 1. The van der Waals surface area contributed by atoms with E-state index in [-0.39, 0.29) is 17.2 Å². The highest BCUT2D eigenvalue weighted by molar-refractivity contribution is 8.00. The van der Waals surface area contributed by atoms with E-state index in [2.05, 4.69) is 38.9 Å². The van der Waals surface area contributed by atoms with Crippen LogP contribution in [-0.4, -0.2) is 68.4 Å². The zero-order valence-corrected chi connectivity index (χ0v) is 14.5. The SMILES string of the molecule is CCN1CCN(C(c2ccccc2)C2Sc3ncnn3C2=O)CC1. The highest BCUT2D eigenvalue weighted by Gasteiger charge is 2.42. The van der Waals surface area contributed by atoms with Gasteiger partial charge in [-0.3, -0.25) is 9.69 Å². The van der Waals surface area contributed by atoms with Crippen LogP contribution in [0, 0.1) is 0 Å². The van der Waals surface area contributed by atoms with E-state index in [0.717, 1.165) is 32.7 Å². The first kappa shape index (κ1) is 15.8. The number of thioether (sulfide) groups is 1. The lowest BCUT2D eigenvalue weighted by Crippen LogP contribution is -2.50. The molecule has 1 fully saturated rings. The highest BCUT2D eigenvalue weighted by Crippen LogP contribution is 2.40. The molecule has 1 aromatic heterocycles. The number of carbonyl (C=O) groups is 1. The van der Waals surface area contributed by atoms with Crippen LogP contribution in [0.1, 0.15) is 23.3 Å². The van der Waals surface area contributed by atoms with Crippen molar-refractivity contribution in [2.45, 2.75) is 23.4 Å². The molecule has 2 atom stereocenters. The van der Waals surface area contributed by atoms with Crippen molar-refractivity contribution in [1.82, 2.24) is 24.6 Å². The Bertz CT molecular complexity index is 711. The summed E-state index contributed by atoms with van der Waals surface area (Å²) in [5.41, 5.74) is 1.19. The maximum atomic E-state index is 12.8. The summed E-state index contributed by atoms with van der Waals surface area (Å²) in [6.45, 7) is 7.34. The molecule has 0 spiro atoms. The van der Waals surface area contributed by atoms with Gasteiger partial charge in [-0.25, -0.2) is 4.98 Å². The third kappa shape index (κ3) is 2.76. The second-order valence-corrected chi connectivity index (χ2v) is 7.27. The Morgan fingerprint density at radius 2 is 1.96 bits per heavy atom. The lowest BCUT2D eigenvalue weighted by Gasteiger charge is -2.40. The standard InChI is InChI=1S/C17H21N5OS/c1-2-20-8-10-21(11-9-20)14(13-6-4-3-5-7-13)15-16(23)22-17(24-15)18-12-19-22/h3-7,12,14-15H,2,8-11H2,1H3. The van der Waals surface area contributed by atoms with Crippen molar-refractivity contribution in [3.63, 3.8) is 0 Å². The predicted molar refractivity (Wildman–Crippen MR) is 93.2 cm³/mol. The monoisotopic (exact) mass is 343 g/mol. The minimum Gasteiger partial charge on any atom is -0.301 e. The van der Waals surface area contributed by atoms with Crippen LogP contribution in [0.3, 0.4) is 0 Å². The van der Waals surface area contributed by atoms with Gasteiger partial charge in [-0.15, -0.1) is 0 Å². The Hall–Kier alpha value is -1.70. The van der Waals surface area contributed by atoms with Crippen LogP contribution >= 0.6 is 11.8 Å². The molecule has 0 N–H and O–H groups in total. The van der Waals surface area contributed by atoms with E-state index >= 15 is 0 Å². The fourth-order valence-electron chi connectivity index (χ4n) is 3.53. The van der Waals surface area contributed by atoms with Crippen LogP contribution in [0.2, 0.25) is 0 Å². The minimum atomic E-state index is -0.184. The number of fused-ring (bicyclic) bond motifs is 1. The first-order valence-corrected chi connectivity index (χ1v) is 9.28. The number of hydrogen-bond donors (Lipinski definition) is 0. The Balaban J connectivity index is 1.63. The number of benzene rings is 1. The molecule has 2 aliphatic rings. The lowest BCUT2D eigenvalue weighted by molar-refractivity contribution is 0.0739. The second kappa shape index (κ2) is 6.66. The molecule has 0 aliphatic carbocycles. The van der Waals surface area contributed by atoms with Gasteiger partial charge in [0, 0.05) is 26.2 Å². The molecule has 2 unspecified atom stereocenters. The summed E-state index contributed by atoms with van der Waals surface area (Å²) in [6.07, 6.45) is 1.45. The largest absolute Gasteiger partial charge is 0.301 e. The molecular formula is C17H21N5OS. The van der Waals surface area contributed by atoms with Crippen LogP contribution in [0.5, 0.6) is 0 Å². The Labute approximate surface area is 145 Å². The molecule has 24 heavy (non-hydrogen) atoms. The third-order valence-corrected chi connectivity index (χ3v) is 6.08. The molecule has 126 valence electrons. The van der Waals surface area contributed by atoms with Gasteiger partial charge in [-0.2, -0.15) is 9.78 Å². The molecule has 0 amide bonds. The molecular weight excluding hydrogens is 322 g/mol. The summed E-state index contributed by atoms with van der Waals surface area (Å²) in [5.74, 6) is 0.0410. The zero-order chi connectivity index (χ0) is 16.5. The molecule has 4 rings (SSSR count). The lowest BCUT2D eigenvalue weighted by atomic mass is 10.00. The second-order valence-electron chi connectivity index (χ2n) is 6.16. The van der Waals surface area contributed by atoms with E-state index in [0.29, 0.717) is 5.16 Å². The first-order chi connectivity index (χ1) is 11.8. The van der Waals surface area contributed by atoms with Crippen molar-refractivity contribution < 1.29 is 4.79 Å². The van der Waals surface area contributed by atoms with Crippen LogP contribution < -0.4 is 0 Å². The summed E-state index contributed by atoms with van der Waals surface area (Å²) in [4.78, 5) is 22.0. The molecule has 0 saturated carbocycles. The van der Waals surface area contributed by atoms with Gasteiger partial charge in [0.15, 0.2) is 5.16 Å². The summed E-state index contributed by atoms with van der Waals surface area (Å²) in [7, 11) is 0. The van der Waals surface area contributed by atoms with Gasteiger partial charge >= 0.3 is 0 Å². The molecule has 7 heteroatoms. The number of rotatable bonds is 4. The van der Waals surface area contributed by atoms with Gasteiger partial charge < -0.3 is 4.90 Å². The van der Waals surface area contributed by atoms with Gasteiger partial charge in [0.25, 0.3) is 5.91 Å². The van der Waals surface area contributed by atoms with Gasteiger partial charge in [0.1, 0.15) is 11.6 Å². The fraction of sp³-hybridized carbons (Fsp3) is 0.471. The van der Waals surface area contributed by atoms with Crippen molar-refractivity contribution in [1.29, 1.82) is 0 Å². The molecule has 0 radical (unpaired) electrons. The Kier molecular flexibility index (Phi) is 4.39. The average molecular weight is 343 g/mol. The van der Waals surface area contributed by atoms with Crippen molar-refractivity contribution in [3.05, 3.63) is 42.2 Å². The predicted octanol–water partition coefficient (Wildman–Crippen LogP) is 1.77. The molecule has 6 nitrogen and oxygen atoms in total. The van der Waals surface area contributed by atoms with Crippen LogP contribution in [-0.2, 0) is 0 Å². The Morgan fingerprint density at radius 1 is 1.21 bits per heavy atom. The number of aromatic nitrogens is 3. The Morgan fingerprint density at radius 3 is 2.62 bits per heavy atom. The van der Waals surface area contributed by atoms with Gasteiger partial charge in [0.05, 0.1) is 6.04 Å². The third-order valence-electron chi connectivity index (χ3n) is 4.88. The molecule has 3 heterocycles. The van der Waals surface area contributed by atoms with E-state index in [1.807, 2.05) is 18.2 Å². The summed E-state index contributed by atoms with van der Waals surface area (Å²) in [5, 5.41) is 4.61. The van der Waals surface area contributed by atoms with E-state index in [1.54, 1.807) is 0 Å². The van der Waals surface area contributed by atoms with Gasteiger partial charge in [-0.1, -0.05) is 49.0 Å². The molecule has 1 aromatic carbocycles. The van der Waals surface area contributed by atoms with Gasteiger partial charge in [0.2, 0.25) is 0 Å². The normalized spacial score (nSPS) is 23.4. The van der Waals surface area contributed by atoms with Crippen LogP contribution in [0.15, 0.2) is 41.8 Å². The van der Waals surface area contributed by atoms with Crippen molar-refractivity contribution in [3.8, 4) is 0 Å². The number of nitrogens with zero attached hydrogens (tertiary/aromatic N) is 5. The summed E-state index contributed by atoms with van der Waals surface area (Å²) in [6, 6.07) is 10.4. The van der Waals surface area contributed by atoms with E-state index in [9.17, 15) is 4.79 Å². The number of piperazine rings is 1. The highest BCUT2D eigenvalue weighted by atomic mass is 32.2. The van der Waals surface area contributed by atoms with E-state index in [4.69, 9.17) is 0 Å². The van der Waals surface area contributed by atoms with Crippen LogP contribution in [0.25, 0.3) is 0 Å². The molecule has 2 aromatic rings. The molecule has 1 saturated heterocycles. The molecule has 0 bridgehead atoms. The molecule has 2 aliphatic heterocycles. The van der Waals surface area contributed by atoms with E-state index < -0.39 is 0 Å². The van der Waals surface area contributed by atoms with E-state index in [1.165, 1.54) is 28.3 Å². The van der Waals surface area contributed by atoms with Crippen molar-refractivity contribution in [2.75, 3.05) is 32.7 Å². The maximum absolute atomic E-state index is 12.8. The minimum absolute atomic E-state index is 0.0410. The summed E-state index contributed by atoms with van der Waals surface area (Å²) >= 11 is 1.54.